The Bertz CT molecular complexity index is 679. The van der Waals surface area contributed by atoms with Crippen LogP contribution in [0, 0.1) is 0 Å². The fourth-order valence-electron chi connectivity index (χ4n) is 4.24. The molecule has 2 aliphatic rings. The van der Waals surface area contributed by atoms with Gasteiger partial charge in [-0.2, -0.15) is 0 Å². The zero-order chi connectivity index (χ0) is 15.7. The molecule has 120 valence electrons. The van der Waals surface area contributed by atoms with Crippen molar-refractivity contribution in [3.63, 3.8) is 0 Å². The molecule has 4 rings (SSSR count). The molecule has 0 bridgehead atoms. The lowest BCUT2D eigenvalue weighted by Gasteiger charge is -2.49. The van der Waals surface area contributed by atoms with E-state index in [0.717, 1.165) is 43.6 Å². The molecule has 1 aliphatic carbocycles. The molecule has 2 aromatic rings. The first kappa shape index (κ1) is 14.8. The number of benzene rings is 2. The van der Waals surface area contributed by atoms with Crippen molar-refractivity contribution in [2.24, 2.45) is 0 Å². The third-order valence-corrected chi connectivity index (χ3v) is 5.44. The van der Waals surface area contributed by atoms with E-state index in [9.17, 15) is 5.11 Å². The van der Waals surface area contributed by atoms with Gasteiger partial charge in [-0.3, -0.25) is 0 Å². The van der Waals surface area contributed by atoms with E-state index in [-0.39, 0.29) is 5.92 Å². The first-order chi connectivity index (χ1) is 11.3. The highest BCUT2D eigenvalue weighted by Crippen LogP contribution is 2.57. The van der Waals surface area contributed by atoms with E-state index >= 15 is 0 Å². The summed E-state index contributed by atoms with van der Waals surface area (Å²) in [5.74, 6) is 1.08. The maximum atomic E-state index is 11.5. The monoisotopic (exact) mass is 308 g/mol. The van der Waals surface area contributed by atoms with Crippen LogP contribution in [0.4, 0.5) is 0 Å². The Morgan fingerprint density at radius 2 is 1.78 bits per heavy atom. The molecule has 1 N–H and O–H groups in total. The second-order valence-corrected chi connectivity index (χ2v) is 6.90. The van der Waals surface area contributed by atoms with Crippen molar-refractivity contribution in [2.75, 3.05) is 6.61 Å². The first-order valence-corrected chi connectivity index (χ1v) is 8.81. The minimum Gasteiger partial charge on any atom is -0.493 e. The Morgan fingerprint density at radius 3 is 2.65 bits per heavy atom. The largest absolute Gasteiger partial charge is 0.493 e. The second-order valence-electron chi connectivity index (χ2n) is 6.90. The lowest BCUT2D eigenvalue weighted by Crippen LogP contribution is -2.45. The molecule has 2 atom stereocenters. The highest BCUT2D eigenvalue weighted by atomic mass is 16.5. The van der Waals surface area contributed by atoms with Gasteiger partial charge in [-0.15, -0.1) is 0 Å². The smallest absolute Gasteiger partial charge is 0.125 e. The topological polar surface area (TPSA) is 29.5 Å². The average Bonchev–Trinajstić information content (AvgIpc) is 2.59. The molecule has 0 amide bonds. The van der Waals surface area contributed by atoms with Crippen molar-refractivity contribution >= 4 is 0 Å². The molecular weight excluding hydrogens is 284 g/mol. The lowest BCUT2D eigenvalue weighted by atomic mass is 9.60. The lowest BCUT2D eigenvalue weighted by molar-refractivity contribution is -0.0348. The quantitative estimate of drug-likeness (QED) is 0.881. The maximum absolute atomic E-state index is 11.5. The summed E-state index contributed by atoms with van der Waals surface area (Å²) < 4.78 is 5.98. The Kier molecular flexibility index (Phi) is 3.86. The molecule has 2 nitrogen and oxygen atoms in total. The van der Waals surface area contributed by atoms with Gasteiger partial charge in [0.05, 0.1) is 6.61 Å². The van der Waals surface area contributed by atoms with Crippen LogP contribution in [-0.2, 0) is 12.0 Å². The van der Waals surface area contributed by atoms with Crippen molar-refractivity contribution in [1.29, 1.82) is 0 Å². The predicted molar refractivity (Wildman–Crippen MR) is 91.8 cm³/mol. The van der Waals surface area contributed by atoms with Crippen molar-refractivity contribution in [3.8, 4) is 5.75 Å². The molecule has 0 radical (unpaired) electrons. The number of hydrogen-bond acceptors (Lipinski definition) is 2. The summed E-state index contributed by atoms with van der Waals surface area (Å²) in [4.78, 5) is 0. The zero-order valence-electron chi connectivity index (χ0n) is 13.5. The standard InChI is InChI=1S/C21H24O2/c22-21-13-6-1-2-7-14-23-19-12-8-11-17(20(19)21)18(21)15-16-9-4-3-5-10-16/h3-5,8-12,18,22H,1-2,6-7,13-15H2/t18-,21+/m0/s1. The van der Waals surface area contributed by atoms with Gasteiger partial charge in [0.25, 0.3) is 0 Å². The summed E-state index contributed by atoms with van der Waals surface area (Å²) >= 11 is 0. The average molecular weight is 308 g/mol. The predicted octanol–water partition coefficient (Wildman–Crippen LogP) is 4.56. The number of hydrogen-bond donors (Lipinski definition) is 1. The van der Waals surface area contributed by atoms with Crippen LogP contribution in [0.2, 0.25) is 0 Å². The van der Waals surface area contributed by atoms with Crippen LogP contribution in [0.15, 0.2) is 48.5 Å². The third kappa shape index (κ3) is 2.55. The van der Waals surface area contributed by atoms with Crippen LogP contribution in [-0.4, -0.2) is 11.7 Å². The third-order valence-electron chi connectivity index (χ3n) is 5.44. The van der Waals surface area contributed by atoms with Crippen molar-refractivity contribution in [2.45, 2.75) is 50.0 Å². The van der Waals surface area contributed by atoms with Crippen LogP contribution in [0.3, 0.4) is 0 Å². The molecule has 0 unspecified atom stereocenters. The summed E-state index contributed by atoms with van der Waals surface area (Å²) in [6.45, 7) is 0.760. The van der Waals surface area contributed by atoms with Crippen LogP contribution >= 0.6 is 0 Å². The Hall–Kier alpha value is -1.80. The Morgan fingerprint density at radius 1 is 0.957 bits per heavy atom. The molecule has 0 saturated heterocycles. The molecule has 0 saturated carbocycles. The van der Waals surface area contributed by atoms with Crippen molar-refractivity contribution < 1.29 is 9.84 Å². The van der Waals surface area contributed by atoms with E-state index in [1.54, 1.807) is 0 Å². The van der Waals surface area contributed by atoms with Gasteiger partial charge in [-0.25, -0.2) is 0 Å². The van der Waals surface area contributed by atoms with Gasteiger partial charge in [-0.1, -0.05) is 61.7 Å². The van der Waals surface area contributed by atoms with E-state index < -0.39 is 5.60 Å². The normalized spacial score (nSPS) is 26.6. The van der Waals surface area contributed by atoms with Gasteiger partial charge in [-0.05, 0) is 36.5 Å². The van der Waals surface area contributed by atoms with Crippen LogP contribution < -0.4 is 4.74 Å². The molecule has 23 heavy (non-hydrogen) atoms. The number of ether oxygens (including phenoxy) is 1. The molecule has 0 fully saturated rings. The van der Waals surface area contributed by atoms with Gasteiger partial charge in [0.1, 0.15) is 11.4 Å². The highest BCUT2D eigenvalue weighted by molar-refractivity contribution is 5.56. The van der Waals surface area contributed by atoms with Crippen LogP contribution in [0.5, 0.6) is 5.75 Å². The van der Waals surface area contributed by atoms with Crippen molar-refractivity contribution in [1.82, 2.24) is 0 Å². The van der Waals surface area contributed by atoms with E-state index in [4.69, 9.17) is 4.74 Å². The van der Waals surface area contributed by atoms with Gasteiger partial charge in [0.15, 0.2) is 0 Å². The summed E-state index contributed by atoms with van der Waals surface area (Å²) in [6.07, 6.45) is 6.31. The Balaban J connectivity index is 1.71. The molecular formula is C21H24O2. The van der Waals surface area contributed by atoms with E-state index in [2.05, 4.69) is 36.4 Å². The fourth-order valence-corrected chi connectivity index (χ4v) is 4.24. The molecule has 1 aliphatic heterocycles. The summed E-state index contributed by atoms with van der Waals surface area (Å²) in [5, 5.41) is 11.5. The SMILES string of the molecule is O[C@@]12CCCCCCOc3cccc(c31)[C@@H]2Cc1ccccc1. The minimum atomic E-state index is -0.723. The van der Waals surface area contributed by atoms with E-state index in [0.29, 0.717) is 0 Å². The molecule has 2 aromatic carbocycles. The fraction of sp³-hybridized carbons (Fsp3) is 0.429. The molecule has 0 aromatic heterocycles. The molecule has 2 heteroatoms. The number of rotatable bonds is 2. The van der Waals surface area contributed by atoms with E-state index in [1.165, 1.54) is 24.0 Å². The minimum absolute atomic E-state index is 0.183. The summed E-state index contributed by atoms with van der Waals surface area (Å²) in [6, 6.07) is 16.8. The second kappa shape index (κ2) is 6.01. The highest BCUT2D eigenvalue weighted by Gasteiger charge is 2.51. The van der Waals surface area contributed by atoms with Crippen molar-refractivity contribution in [3.05, 3.63) is 65.2 Å². The molecule has 0 spiro atoms. The van der Waals surface area contributed by atoms with Gasteiger partial charge >= 0.3 is 0 Å². The van der Waals surface area contributed by atoms with Gasteiger partial charge < -0.3 is 9.84 Å². The van der Waals surface area contributed by atoms with Gasteiger partial charge in [0, 0.05) is 11.5 Å². The van der Waals surface area contributed by atoms with E-state index in [1.807, 2.05) is 12.1 Å². The Labute approximate surface area is 138 Å². The maximum Gasteiger partial charge on any atom is 0.125 e. The summed E-state index contributed by atoms with van der Waals surface area (Å²) in [5.41, 5.74) is 2.90. The van der Waals surface area contributed by atoms with Crippen LogP contribution in [0.25, 0.3) is 0 Å². The van der Waals surface area contributed by atoms with Gasteiger partial charge in [0.2, 0.25) is 0 Å². The first-order valence-electron chi connectivity index (χ1n) is 8.81. The summed E-state index contributed by atoms with van der Waals surface area (Å²) in [7, 11) is 0. The molecule has 1 heterocycles. The number of aliphatic hydroxyl groups is 1. The zero-order valence-corrected chi connectivity index (χ0v) is 13.5. The van der Waals surface area contributed by atoms with Crippen LogP contribution in [0.1, 0.15) is 54.7 Å².